The van der Waals surface area contributed by atoms with Gasteiger partial charge in [0, 0.05) is 18.3 Å². The number of hydrogen-bond acceptors (Lipinski definition) is 7. The van der Waals surface area contributed by atoms with Gasteiger partial charge in [0.2, 0.25) is 5.91 Å². The number of amides is 1. The largest absolute Gasteiger partial charge is 0.466 e. The Balaban J connectivity index is 1.52. The van der Waals surface area contributed by atoms with Crippen LogP contribution in [-0.2, 0) is 14.3 Å². The molecule has 176 valence electrons. The fourth-order valence-corrected chi connectivity index (χ4v) is 5.75. The molecule has 8 heteroatoms. The zero-order chi connectivity index (χ0) is 23.4. The van der Waals surface area contributed by atoms with Gasteiger partial charge in [-0.3, -0.25) is 4.79 Å². The molecule has 0 unspecified atom stereocenters. The van der Waals surface area contributed by atoms with Crippen molar-refractivity contribution in [2.24, 2.45) is 4.99 Å². The molecule has 1 saturated heterocycles. The fraction of sp³-hybridized carbons (Fsp3) is 0.480. The van der Waals surface area contributed by atoms with E-state index in [4.69, 9.17) is 9.73 Å². The van der Waals surface area contributed by atoms with Gasteiger partial charge in [-0.25, -0.2) is 9.79 Å². The van der Waals surface area contributed by atoms with E-state index < -0.39 is 0 Å². The number of carbonyl (C=O) groups excluding carboxylic acids is 2. The number of allylic oxidation sites excluding steroid dienone is 1. The smallest absolute Gasteiger partial charge is 0.338 e. The first kappa shape index (κ1) is 23.6. The van der Waals surface area contributed by atoms with Crippen molar-refractivity contribution in [3.05, 3.63) is 58.3 Å². The number of likely N-dealkylation sites (tertiary alicyclic amines) is 1. The van der Waals surface area contributed by atoms with E-state index in [1.807, 2.05) is 47.6 Å². The van der Waals surface area contributed by atoms with Crippen LogP contribution in [0.5, 0.6) is 0 Å². The number of nitrogens with one attached hydrogen (secondary N) is 1. The van der Waals surface area contributed by atoms with E-state index in [-0.39, 0.29) is 24.3 Å². The Kier molecular flexibility index (Phi) is 7.55. The van der Waals surface area contributed by atoms with Crippen LogP contribution < -0.4 is 5.32 Å². The van der Waals surface area contributed by atoms with E-state index in [0.717, 1.165) is 35.1 Å². The van der Waals surface area contributed by atoms with Crippen molar-refractivity contribution in [3.8, 4) is 0 Å². The maximum atomic E-state index is 12.8. The summed E-state index contributed by atoms with van der Waals surface area (Å²) in [4.78, 5) is 34.8. The molecule has 3 aliphatic rings. The maximum absolute atomic E-state index is 12.8. The van der Waals surface area contributed by atoms with Crippen LogP contribution in [0.25, 0.3) is 0 Å². The second-order valence-electron chi connectivity index (χ2n) is 8.60. The second-order valence-corrected chi connectivity index (χ2v) is 9.44. The molecule has 4 rings (SSSR count). The Morgan fingerprint density at radius 2 is 2.06 bits per heavy atom. The van der Waals surface area contributed by atoms with E-state index in [9.17, 15) is 9.59 Å². The lowest BCUT2D eigenvalue weighted by Gasteiger charge is -2.36. The Morgan fingerprint density at radius 3 is 2.73 bits per heavy atom. The van der Waals surface area contributed by atoms with Crippen LogP contribution in [0.2, 0.25) is 0 Å². The first-order chi connectivity index (χ1) is 16.0. The van der Waals surface area contributed by atoms with Gasteiger partial charge in [-0.15, -0.1) is 0 Å². The Bertz CT molecular complexity index is 989. The van der Waals surface area contributed by atoms with Crippen LogP contribution in [0.4, 0.5) is 0 Å². The van der Waals surface area contributed by atoms with Crippen molar-refractivity contribution < 1.29 is 14.3 Å². The van der Waals surface area contributed by atoms with E-state index in [1.54, 1.807) is 0 Å². The van der Waals surface area contributed by atoms with Crippen LogP contribution in [-0.4, -0.2) is 60.1 Å². The molecule has 1 fully saturated rings. The minimum atomic E-state index is -0.384. The molecule has 3 heterocycles. The minimum absolute atomic E-state index is 0.0135. The van der Waals surface area contributed by atoms with Crippen molar-refractivity contribution in [1.82, 2.24) is 15.1 Å². The molecule has 0 saturated carbocycles. The highest BCUT2D eigenvalue weighted by Gasteiger charge is 2.41. The molecule has 1 amide bonds. The molecule has 1 N–H and O–H groups in total. The number of hydrogen-bond donors (Lipinski definition) is 1. The van der Waals surface area contributed by atoms with Gasteiger partial charge in [-0.05, 0) is 50.2 Å². The van der Waals surface area contributed by atoms with Crippen molar-refractivity contribution >= 4 is 28.8 Å². The summed E-state index contributed by atoms with van der Waals surface area (Å²) in [5.41, 5.74) is 3.08. The number of amidine groups is 1. The molecule has 0 aromatic heterocycles. The Hall–Kier alpha value is -2.58. The molecule has 0 bridgehead atoms. The summed E-state index contributed by atoms with van der Waals surface area (Å²) in [7, 11) is 3.55. The topological polar surface area (TPSA) is 74.2 Å². The number of ether oxygens (including phenoxy) is 1. The molecule has 0 radical (unpaired) electrons. The third kappa shape index (κ3) is 5.01. The number of nitrogens with zero attached hydrogens (tertiary/aromatic N) is 3. The normalized spacial score (nSPS) is 22.7. The lowest BCUT2D eigenvalue weighted by atomic mass is 9.93. The highest BCUT2D eigenvalue weighted by molar-refractivity contribution is 8.16. The standard InChI is InChI=1S/C25H32N4O3S/c1-4-20-22(24(31)32-3)23(17-9-6-5-7-10-17)29-19(16-33-25(29)27-20)15-21(30)26-13-12-18-11-8-14-28(18)2/h5-7,9-10,16,18,23H,4,8,11-15H2,1-3H3,(H,26,30)/t18-,23-/m0/s1. The zero-order valence-corrected chi connectivity index (χ0v) is 20.4. The Morgan fingerprint density at radius 1 is 1.27 bits per heavy atom. The summed E-state index contributed by atoms with van der Waals surface area (Å²) in [6, 6.07) is 10.1. The first-order valence-electron chi connectivity index (χ1n) is 11.6. The molecule has 0 aliphatic carbocycles. The highest BCUT2D eigenvalue weighted by atomic mass is 32.2. The van der Waals surface area contributed by atoms with Gasteiger partial charge in [-0.1, -0.05) is 49.0 Å². The van der Waals surface area contributed by atoms with Gasteiger partial charge in [0.15, 0.2) is 5.17 Å². The fourth-order valence-electron chi connectivity index (χ4n) is 4.81. The summed E-state index contributed by atoms with van der Waals surface area (Å²) < 4.78 is 5.15. The van der Waals surface area contributed by atoms with E-state index in [2.05, 4.69) is 17.3 Å². The predicted octanol–water partition coefficient (Wildman–Crippen LogP) is 3.82. The van der Waals surface area contributed by atoms with Crippen LogP contribution >= 0.6 is 11.8 Å². The average Bonchev–Trinajstić information content (AvgIpc) is 3.43. The van der Waals surface area contributed by atoms with Gasteiger partial charge >= 0.3 is 5.97 Å². The number of fused-ring (bicyclic) bond motifs is 1. The molecule has 1 aromatic carbocycles. The Labute approximate surface area is 199 Å². The average molecular weight is 469 g/mol. The summed E-state index contributed by atoms with van der Waals surface area (Å²) in [5, 5.41) is 5.86. The van der Waals surface area contributed by atoms with Gasteiger partial charge in [-0.2, -0.15) is 0 Å². The number of thioether (sulfide) groups is 1. The number of carbonyl (C=O) groups is 2. The van der Waals surface area contributed by atoms with Crippen LogP contribution in [0.1, 0.15) is 50.6 Å². The molecule has 1 aromatic rings. The molecular weight excluding hydrogens is 436 g/mol. The van der Waals surface area contributed by atoms with Crippen molar-refractivity contribution in [2.75, 3.05) is 27.2 Å². The van der Waals surface area contributed by atoms with Crippen molar-refractivity contribution in [3.63, 3.8) is 0 Å². The monoisotopic (exact) mass is 468 g/mol. The number of rotatable bonds is 8. The van der Waals surface area contributed by atoms with Gasteiger partial charge in [0.1, 0.15) is 0 Å². The highest BCUT2D eigenvalue weighted by Crippen LogP contribution is 2.45. The molecular formula is C25H32N4O3S. The molecule has 33 heavy (non-hydrogen) atoms. The SMILES string of the molecule is CCC1=C(C(=O)OC)[C@H](c2ccccc2)N2C(CC(=O)NCC[C@@H]3CCCN3C)=CSC2=N1. The number of aliphatic imine (C=N–C) groups is 1. The van der Waals surface area contributed by atoms with Gasteiger partial charge < -0.3 is 19.9 Å². The molecule has 0 spiro atoms. The van der Waals surface area contributed by atoms with E-state index >= 15 is 0 Å². The zero-order valence-electron chi connectivity index (χ0n) is 19.5. The molecule has 7 nitrogen and oxygen atoms in total. The summed E-state index contributed by atoms with van der Waals surface area (Å²) in [6.07, 6.45) is 4.26. The number of esters is 1. The van der Waals surface area contributed by atoms with Gasteiger partial charge in [0.05, 0.1) is 30.8 Å². The van der Waals surface area contributed by atoms with Crippen LogP contribution in [0.3, 0.4) is 0 Å². The second kappa shape index (κ2) is 10.6. The first-order valence-corrected chi connectivity index (χ1v) is 12.5. The molecule has 2 atom stereocenters. The third-order valence-corrected chi connectivity index (χ3v) is 7.45. The quantitative estimate of drug-likeness (QED) is 0.585. The minimum Gasteiger partial charge on any atom is -0.466 e. The lowest BCUT2D eigenvalue weighted by Crippen LogP contribution is -2.38. The van der Waals surface area contributed by atoms with Crippen LogP contribution in [0, 0.1) is 0 Å². The molecule has 3 aliphatic heterocycles. The number of benzene rings is 1. The summed E-state index contributed by atoms with van der Waals surface area (Å²) >= 11 is 1.50. The maximum Gasteiger partial charge on any atom is 0.338 e. The third-order valence-electron chi connectivity index (χ3n) is 6.56. The predicted molar refractivity (Wildman–Crippen MR) is 131 cm³/mol. The van der Waals surface area contributed by atoms with Gasteiger partial charge in [0.25, 0.3) is 0 Å². The van der Waals surface area contributed by atoms with Crippen LogP contribution in [0.15, 0.2) is 57.7 Å². The van der Waals surface area contributed by atoms with E-state index in [1.165, 1.54) is 31.7 Å². The van der Waals surface area contributed by atoms with E-state index in [0.29, 0.717) is 24.6 Å². The van der Waals surface area contributed by atoms with Crippen molar-refractivity contribution in [2.45, 2.75) is 51.1 Å². The van der Waals surface area contributed by atoms with Crippen molar-refractivity contribution in [1.29, 1.82) is 0 Å². The summed E-state index contributed by atoms with van der Waals surface area (Å²) in [5.74, 6) is -0.398. The summed E-state index contributed by atoms with van der Waals surface area (Å²) in [6.45, 7) is 3.80. The number of methoxy groups -OCH3 is 1. The lowest BCUT2D eigenvalue weighted by molar-refractivity contribution is -0.136.